The summed E-state index contributed by atoms with van der Waals surface area (Å²) in [5, 5.41) is 0. The molecule has 0 fully saturated rings. The van der Waals surface area contributed by atoms with Gasteiger partial charge in [0, 0.05) is 13.1 Å². The van der Waals surface area contributed by atoms with Crippen molar-refractivity contribution in [3.05, 3.63) is 0 Å². The lowest BCUT2D eigenvalue weighted by atomic mass is 9.90. The van der Waals surface area contributed by atoms with Gasteiger partial charge in [-0.1, -0.05) is 0 Å². The molecular weight excluding hydrogens is 551 g/mol. The predicted octanol–water partition coefficient (Wildman–Crippen LogP) is 4.49. The van der Waals surface area contributed by atoms with E-state index in [0.29, 0.717) is 6.92 Å². The first-order valence-electron chi connectivity index (χ1n) is 8.16. The fourth-order valence-corrected chi connectivity index (χ4v) is 2.63. The van der Waals surface area contributed by atoms with Crippen molar-refractivity contribution >= 4 is 16.0 Å². The van der Waals surface area contributed by atoms with E-state index in [1.807, 2.05) is 0 Å². The third kappa shape index (κ3) is 5.13. The minimum absolute atomic E-state index is 0.588. The number of halogens is 15. The van der Waals surface area contributed by atoms with Gasteiger partial charge >= 0.3 is 41.7 Å². The highest BCUT2D eigenvalue weighted by molar-refractivity contribution is 7.85. The Morgan fingerprint density at radius 3 is 1.38 bits per heavy atom. The molecule has 21 heteroatoms. The Labute approximate surface area is 179 Å². The highest BCUT2D eigenvalue weighted by atomic mass is 32.2. The molecule has 34 heavy (non-hydrogen) atoms. The number of alkyl halides is 15. The smallest absolute Gasteiger partial charge is 0.338 e. The van der Waals surface area contributed by atoms with Gasteiger partial charge in [0.15, 0.2) is 0 Å². The molecule has 0 radical (unpaired) electrons. The van der Waals surface area contributed by atoms with Crippen molar-refractivity contribution in [3.8, 4) is 0 Å². The SMILES string of the molecule is CCN(CCCS(=O)(=O)O)C(=O)C(F)(F)C(F)(F)C(F)(F)C(F)(F)C(F)(F)C(F)(F)C(F)(F)F. The minimum atomic E-state index is -8.52. The van der Waals surface area contributed by atoms with E-state index in [1.54, 1.807) is 0 Å². The highest BCUT2D eigenvalue weighted by Crippen LogP contribution is 2.62. The molecule has 0 bridgehead atoms. The van der Waals surface area contributed by atoms with E-state index in [4.69, 9.17) is 4.55 Å². The maximum atomic E-state index is 13.9. The van der Waals surface area contributed by atoms with Crippen molar-refractivity contribution < 1.29 is 83.6 Å². The van der Waals surface area contributed by atoms with Crippen LogP contribution in [0.2, 0.25) is 0 Å². The molecule has 0 aliphatic rings. The van der Waals surface area contributed by atoms with Crippen LogP contribution in [0.25, 0.3) is 0 Å². The second-order valence-corrected chi connectivity index (χ2v) is 8.04. The molecule has 204 valence electrons. The van der Waals surface area contributed by atoms with Crippen LogP contribution in [0.5, 0.6) is 0 Å². The molecule has 1 amide bonds. The topological polar surface area (TPSA) is 74.7 Å². The van der Waals surface area contributed by atoms with Gasteiger partial charge in [-0.25, -0.2) is 0 Å². The van der Waals surface area contributed by atoms with Gasteiger partial charge in [0.05, 0.1) is 5.75 Å². The first kappa shape index (κ1) is 32.3. The van der Waals surface area contributed by atoms with Gasteiger partial charge in [0.25, 0.3) is 16.0 Å². The monoisotopic (exact) mass is 563 g/mol. The van der Waals surface area contributed by atoms with Crippen LogP contribution in [0.1, 0.15) is 13.3 Å². The van der Waals surface area contributed by atoms with Crippen molar-refractivity contribution in [2.75, 3.05) is 18.8 Å². The zero-order valence-electron chi connectivity index (χ0n) is 16.0. The van der Waals surface area contributed by atoms with Crippen LogP contribution in [-0.2, 0) is 14.9 Å². The van der Waals surface area contributed by atoms with E-state index >= 15 is 0 Å². The number of hydrogen-bond acceptors (Lipinski definition) is 3. The Kier molecular flexibility index (Phi) is 8.64. The van der Waals surface area contributed by atoms with Crippen LogP contribution in [0, 0.1) is 0 Å². The molecule has 0 heterocycles. The van der Waals surface area contributed by atoms with Crippen LogP contribution < -0.4 is 0 Å². The fourth-order valence-electron chi connectivity index (χ4n) is 2.14. The number of hydrogen-bond donors (Lipinski definition) is 1. The third-order valence-electron chi connectivity index (χ3n) is 4.10. The summed E-state index contributed by atoms with van der Waals surface area (Å²) in [4.78, 5) is 11.0. The van der Waals surface area contributed by atoms with Gasteiger partial charge in [-0.05, 0) is 13.3 Å². The predicted molar refractivity (Wildman–Crippen MR) is 79.0 cm³/mol. The van der Waals surface area contributed by atoms with Crippen molar-refractivity contribution in [1.29, 1.82) is 0 Å². The molecule has 0 unspecified atom stereocenters. The number of carbonyl (C=O) groups excluding carboxylic acids is 1. The van der Waals surface area contributed by atoms with E-state index in [-0.39, 0.29) is 0 Å². The summed E-state index contributed by atoms with van der Waals surface area (Å²) in [7, 11) is -4.84. The molecule has 5 nitrogen and oxygen atoms in total. The normalized spacial score (nSPS) is 15.4. The number of amides is 1. The van der Waals surface area contributed by atoms with E-state index in [9.17, 15) is 79.1 Å². The van der Waals surface area contributed by atoms with E-state index < -0.39 is 87.9 Å². The summed E-state index contributed by atoms with van der Waals surface area (Å²) in [6.45, 7) is -1.87. The van der Waals surface area contributed by atoms with E-state index in [1.165, 1.54) is 0 Å². The molecule has 0 aliphatic carbocycles. The Bertz CT molecular complexity index is 853. The van der Waals surface area contributed by atoms with Crippen LogP contribution >= 0.6 is 0 Å². The Hall–Kier alpha value is -1.67. The number of carbonyl (C=O) groups is 1. The molecule has 0 saturated carbocycles. The molecule has 0 rings (SSSR count). The molecular formula is C13H12F15NO4S. The first-order valence-corrected chi connectivity index (χ1v) is 9.77. The lowest BCUT2D eigenvalue weighted by Gasteiger charge is -2.41. The van der Waals surface area contributed by atoms with Gasteiger partial charge in [-0.2, -0.15) is 74.3 Å². The summed E-state index contributed by atoms with van der Waals surface area (Å²) in [5.41, 5.74) is 0. The average molecular weight is 563 g/mol. The number of nitrogens with zero attached hydrogens (tertiary/aromatic N) is 1. The van der Waals surface area contributed by atoms with Gasteiger partial charge in [0.1, 0.15) is 0 Å². The first-order chi connectivity index (χ1) is 14.6. The van der Waals surface area contributed by atoms with Crippen LogP contribution in [0.15, 0.2) is 0 Å². The lowest BCUT2D eigenvalue weighted by Crippen LogP contribution is -2.74. The number of rotatable bonds is 11. The second kappa shape index (κ2) is 9.08. The summed E-state index contributed by atoms with van der Waals surface area (Å²) < 4.78 is 226. The van der Waals surface area contributed by atoms with Crippen molar-refractivity contribution in [1.82, 2.24) is 4.90 Å². The second-order valence-electron chi connectivity index (χ2n) is 6.47. The zero-order valence-corrected chi connectivity index (χ0v) is 16.8. The van der Waals surface area contributed by atoms with Gasteiger partial charge in [0.2, 0.25) is 0 Å². The van der Waals surface area contributed by atoms with E-state index in [2.05, 4.69) is 0 Å². The lowest BCUT2D eigenvalue weighted by molar-refractivity contribution is -0.449. The molecule has 0 aromatic heterocycles. The van der Waals surface area contributed by atoms with Crippen molar-refractivity contribution in [2.24, 2.45) is 0 Å². The standard InChI is InChI=1S/C13H12F15NO4S/c1-2-29(4-3-5-34(31,32)33)6(30)7(14,15)8(16,17)9(18,19)10(20,21)11(22,23)12(24,25)13(26,27)28/h2-5H2,1H3,(H,31,32,33). The summed E-state index contributed by atoms with van der Waals surface area (Å²) in [5.74, 6) is -53.5. The van der Waals surface area contributed by atoms with Crippen LogP contribution in [0.4, 0.5) is 65.9 Å². The summed E-state index contributed by atoms with van der Waals surface area (Å²) >= 11 is 0. The Morgan fingerprint density at radius 2 is 1.06 bits per heavy atom. The fraction of sp³-hybridized carbons (Fsp3) is 0.923. The Morgan fingerprint density at radius 1 is 0.706 bits per heavy atom. The average Bonchev–Trinajstić information content (AvgIpc) is 2.62. The summed E-state index contributed by atoms with van der Waals surface area (Å²) in [6, 6.07) is 0. The quantitative estimate of drug-likeness (QED) is 0.297. The maximum Gasteiger partial charge on any atom is 0.460 e. The molecule has 0 aliphatic heterocycles. The highest BCUT2D eigenvalue weighted by Gasteiger charge is 2.94. The van der Waals surface area contributed by atoms with Gasteiger partial charge < -0.3 is 4.90 Å². The van der Waals surface area contributed by atoms with Crippen molar-refractivity contribution in [2.45, 2.75) is 55.1 Å². The molecule has 1 N–H and O–H groups in total. The Balaban J connectivity index is 6.41. The van der Waals surface area contributed by atoms with Crippen LogP contribution in [-0.4, -0.2) is 84.3 Å². The minimum Gasteiger partial charge on any atom is -0.338 e. The maximum absolute atomic E-state index is 13.9. The molecule has 0 saturated heterocycles. The zero-order chi connectivity index (χ0) is 28.0. The van der Waals surface area contributed by atoms with Crippen LogP contribution in [0.3, 0.4) is 0 Å². The summed E-state index contributed by atoms with van der Waals surface area (Å²) in [6.07, 6.45) is -8.78. The molecule has 0 aromatic carbocycles. The molecule has 0 aromatic rings. The van der Waals surface area contributed by atoms with Gasteiger partial charge in [-0.15, -0.1) is 0 Å². The van der Waals surface area contributed by atoms with Crippen molar-refractivity contribution in [3.63, 3.8) is 0 Å². The molecule has 0 spiro atoms. The van der Waals surface area contributed by atoms with E-state index in [0.717, 1.165) is 0 Å². The van der Waals surface area contributed by atoms with Gasteiger partial charge in [-0.3, -0.25) is 9.35 Å². The largest absolute Gasteiger partial charge is 0.460 e. The third-order valence-corrected chi connectivity index (χ3v) is 4.90. The molecule has 0 atom stereocenters.